The molecule has 116 valence electrons. The number of amides is 1. The van der Waals surface area contributed by atoms with Crippen LogP contribution < -0.4 is 10.6 Å². The molecule has 1 atom stereocenters. The van der Waals surface area contributed by atoms with Crippen LogP contribution in [0.25, 0.3) is 0 Å². The van der Waals surface area contributed by atoms with Crippen molar-refractivity contribution in [3.63, 3.8) is 0 Å². The predicted octanol–water partition coefficient (Wildman–Crippen LogP) is 2.57. The quantitative estimate of drug-likeness (QED) is 0.814. The highest BCUT2D eigenvalue weighted by molar-refractivity contribution is 5.67. The van der Waals surface area contributed by atoms with Gasteiger partial charge in [-0.05, 0) is 53.5 Å². The third kappa shape index (κ3) is 7.38. The molecule has 0 aromatic rings. The summed E-state index contributed by atoms with van der Waals surface area (Å²) >= 11 is 0. The van der Waals surface area contributed by atoms with Crippen LogP contribution in [0, 0.1) is 0 Å². The monoisotopic (exact) mass is 284 g/mol. The molecule has 0 spiro atoms. The van der Waals surface area contributed by atoms with Crippen LogP contribution in [0.3, 0.4) is 0 Å². The van der Waals surface area contributed by atoms with Gasteiger partial charge in [-0.2, -0.15) is 0 Å². The van der Waals surface area contributed by atoms with E-state index < -0.39 is 5.60 Å². The Balaban J connectivity index is 2.26. The van der Waals surface area contributed by atoms with Crippen LogP contribution >= 0.6 is 0 Å². The number of allylic oxidation sites excluding steroid dienone is 1. The highest BCUT2D eigenvalue weighted by Gasteiger charge is 2.23. The van der Waals surface area contributed by atoms with Crippen molar-refractivity contribution in [1.29, 1.82) is 0 Å². The molecule has 0 aromatic carbocycles. The lowest BCUT2D eigenvalue weighted by atomic mass is 10.0. The summed E-state index contributed by atoms with van der Waals surface area (Å²) in [5.74, 6) is 0. The highest BCUT2D eigenvalue weighted by atomic mass is 16.6. The molecule has 2 N–H and O–H groups in total. The van der Waals surface area contributed by atoms with Crippen LogP contribution in [0.4, 0.5) is 4.79 Å². The van der Waals surface area contributed by atoms with Gasteiger partial charge in [-0.1, -0.05) is 0 Å². The van der Waals surface area contributed by atoms with Crippen molar-refractivity contribution in [1.82, 2.24) is 10.6 Å². The lowest BCUT2D eigenvalue weighted by molar-refractivity contribution is 0.0510. The van der Waals surface area contributed by atoms with Crippen molar-refractivity contribution >= 4 is 6.09 Å². The first-order chi connectivity index (χ1) is 9.18. The van der Waals surface area contributed by atoms with Crippen LogP contribution in [0.1, 0.15) is 47.5 Å². The summed E-state index contributed by atoms with van der Waals surface area (Å²) < 4.78 is 10.7. The lowest BCUT2D eigenvalue weighted by Gasteiger charge is -2.30. The number of carbonyl (C=O) groups is 1. The summed E-state index contributed by atoms with van der Waals surface area (Å²) in [5, 5.41) is 6.21. The third-order valence-corrected chi connectivity index (χ3v) is 2.90. The number of rotatable bonds is 5. The lowest BCUT2D eigenvalue weighted by Crippen LogP contribution is -2.52. The molecule has 1 aliphatic heterocycles. The number of hydrogen-bond acceptors (Lipinski definition) is 4. The fourth-order valence-corrected chi connectivity index (χ4v) is 1.79. The van der Waals surface area contributed by atoms with Gasteiger partial charge < -0.3 is 20.1 Å². The Kier molecular flexibility index (Phi) is 5.87. The molecular weight excluding hydrogens is 256 g/mol. The molecule has 20 heavy (non-hydrogen) atoms. The maximum absolute atomic E-state index is 11.6. The first-order valence-electron chi connectivity index (χ1n) is 7.20. The Morgan fingerprint density at radius 2 is 2.05 bits per heavy atom. The first-order valence-corrected chi connectivity index (χ1v) is 7.20. The molecular formula is C15H28N2O3. The molecule has 5 nitrogen and oxygen atoms in total. The Hall–Kier alpha value is -1.23. The summed E-state index contributed by atoms with van der Waals surface area (Å²) in [6, 6.07) is 0. The Bertz CT molecular complexity index is 346. The predicted molar refractivity (Wildman–Crippen MR) is 79.6 cm³/mol. The maximum Gasteiger partial charge on any atom is 0.407 e. The smallest absolute Gasteiger partial charge is 0.407 e. The summed E-state index contributed by atoms with van der Waals surface area (Å²) in [6.07, 6.45) is 5.71. The van der Waals surface area contributed by atoms with Gasteiger partial charge in [-0.15, -0.1) is 0 Å². The molecule has 0 aliphatic carbocycles. The molecule has 0 saturated carbocycles. The van der Waals surface area contributed by atoms with E-state index in [1.54, 1.807) is 6.26 Å². The Labute approximate surface area is 122 Å². The Morgan fingerprint density at radius 1 is 1.35 bits per heavy atom. The summed E-state index contributed by atoms with van der Waals surface area (Å²) in [4.78, 5) is 11.6. The largest absolute Gasteiger partial charge is 0.497 e. The maximum atomic E-state index is 11.6. The third-order valence-electron chi connectivity index (χ3n) is 2.90. The van der Waals surface area contributed by atoms with Crippen molar-refractivity contribution in [2.24, 2.45) is 0 Å². The Morgan fingerprint density at radius 3 is 2.60 bits per heavy atom. The van der Waals surface area contributed by atoms with Crippen LogP contribution in [0.15, 0.2) is 12.3 Å². The molecule has 1 rings (SSSR count). The van der Waals surface area contributed by atoms with Gasteiger partial charge in [0.25, 0.3) is 0 Å². The molecule has 0 saturated heterocycles. The molecule has 1 amide bonds. The van der Waals surface area contributed by atoms with Crippen LogP contribution in [0.2, 0.25) is 0 Å². The topological polar surface area (TPSA) is 59.6 Å². The highest BCUT2D eigenvalue weighted by Crippen LogP contribution is 2.11. The number of nitrogens with one attached hydrogen (secondary N) is 2. The minimum absolute atomic E-state index is 0.207. The van der Waals surface area contributed by atoms with E-state index in [9.17, 15) is 4.79 Å². The van der Waals surface area contributed by atoms with Crippen molar-refractivity contribution in [3.8, 4) is 0 Å². The molecule has 1 heterocycles. The summed E-state index contributed by atoms with van der Waals surface area (Å²) in [5.41, 5.74) is -0.675. The number of carbonyl (C=O) groups excluding carboxylic acids is 1. The van der Waals surface area contributed by atoms with E-state index in [2.05, 4.69) is 10.6 Å². The number of alkyl carbamates (subject to hydrolysis) is 1. The molecule has 1 unspecified atom stereocenters. The van der Waals surface area contributed by atoms with Crippen LogP contribution in [0.5, 0.6) is 0 Å². The summed E-state index contributed by atoms with van der Waals surface area (Å²) in [7, 11) is 0. The standard InChI is InChI=1S/C15H28N2O3/c1-14(2,3)20-13(18)16-11-15(4,5)17-10-12-8-6-7-9-19-12/h7,9,12,17H,6,8,10-11H2,1-5H3,(H,16,18). The van der Waals surface area contributed by atoms with Crippen molar-refractivity contribution in [2.45, 2.75) is 64.7 Å². The SMILES string of the molecule is CC(C)(CNC(=O)OC(C)(C)C)NCC1CCC=CO1. The molecule has 5 heteroatoms. The van der Waals surface area contributed by atoms with E-state index in [1.807, 2.05) is 40.7 Å². The van der Waals surface area contributed by atoms with E-state index >= 15 is 0 Å². The first kappa shape index (κ1) is 16.8. The van der Waals surface area contributed by atoms with Gasteiger partial charge >= 0.3 is 6.09 Å². The molecule has 0 aromatic heterocycles. The zero-order valence-electron chi connectivity index (χ0n) is 13.3. The second-order valence-electron chi connectivity index (χ2n) is 6.83. The van der Waals surface area contributed by atoms with Gasteiger partial charge in [-0.25, -0.2) is 4.79 Å². The van der Waals surface area contributed by atoms with Gasteiger partial charge in [0.2, 0.25) is 0 Å². The minimum Gasteiger partial charge on any atom is -0.497 e. The van der Waals surface area contributed by atoms with Crippen molar-refractivity contribution in [3.05, 3.63) is 12.3 Å². The normalized spacial score (nSPS) is 19.4. The van der Waals surface area contributed by atoms with E-state index in [1.165, 1.54) is 0 Å². The van der Waals surface area contributed by atoms with Crippen molar-refractivity contribution < 1.29 is 14.3 Å². The molecule has 0 bridgehead atoms. The van der Waals surface area contributed by atoms with E-state index in [4.69, 9.17) is 9.47 Å². The van der Waals surface area contributed by atoms with Crippen LogP contribution in [-0.2, 0) is 9.47 Å². The number of ether oxygens (including phenoxy) is 2. The zero-order valence-corrected chi connectivity index (χ0v) is 13.3. The van der Waals surface area contributed by atoms with Gasteiger partial charge in [0.15, 0.2) is 0 Å². The molecule has 0 fully saturated rings. The average Bonchev–Trinajstić information content (AvgIpc) is 2.34. The van der Waals surface area contributed by atoms with E-state index in [0.717, 1.165) is 19.4 Å². The summed E-state index contributed by atoms with van der Waals surface area (Å²) in [6.45, 7) is 10.9. The van der Waals surface area contributed by atoms with E-state index in [-0.39, 0.29) is 17.7 Å². The van der Waals surface area contributed by atoms with Gasteiger partial charge in [0.05, 0.1) is 6.26 Å². The fraction of sp³-hybridized carbons (Fsp3) is 0.800. The molecule has 0 radical (unpaired) electrons. The van der Waals surface area contributed by atoms with Crippen molar-refractivity contribution in [2.75, 3.05) is 13.1 Å². The van der Waals surface area contributed by atoms with E-state index in [0.29, 0.717) is 6.54 Å². The minimum atomic E-state index is -0.468. The van der Waals surface area contributed by atoms with Gasteiger partial charge in [-0.3, -0.25) is 0 Å². The average molecular weight is 284 g/mol. The second kappa shape index (κ2) is 6.97. The molecule has 1 aliphatic rings. The fourth-order valence-electron chi connectivity index (χ4n) is 1.79. The van der Waals surface area contributed by atoms with Gasteiger partial charge in [0, 0.05) is 18.6 Å². The van der Waals surface area contributed by atoms with Crippen LogP contribution in [-0.4, -0.2) is 36.4 Å². The second-order valence-corrected chi connectivity index (χ2v) is 6.83. The number of hydrogen-bond donors (Lipinski definition) is 2. The van der Waals surface area contributed by atoms with Gasteiger partial charge in [0.1, 0.15) is 11.7 Å². The zero-order chi connectivity index (χ0) is 15.2.